The summed E-state index contributed by atoms with van der Waals surface area (Å²) < 4.78 is 12.1. The third-order valence-corrected chi connectivity index (χ3v) is 4.21. The van der Waals surface area contributed by atoms with Crippen LogP contribution in [-0.4, -0.2) is 41.2 Å². The molecular formula is C19H20N4O4. The van der Waals surface area contributed by atoms with Crippen molar-refractivity contribution in [3.63, 3.8) is 0 Å². The average molecular weight is 368 g/mol. The summed E-state index contributed by atoms with van der Waals surface area (Å²) in [4.78, 5) is 33.3. The van der Waals surface area contributed by atoms with Crippen molar-refractivity contribution in [1.82, 2.24) is 19.9 Å². The van der Waals surface area contributed by atoms with E-state index in [9.17, 15) is 9.59 Å². The van der Waals surface area contributed by atoms with Crippen molar-refractivity contribution in [3.05, 3.63) is 58.4 Å². The summed E-state index contributed by atoms with van der Waals surface area (Å²) in [5.41, 5.74) is 0.853. The van der Waals surface area contributed by atoms with Crippen LogP contribution in [0.1, 0.15) is 16.2 Å². The number of pyridine rings is 1. The van der Waals surface area contributed by atoms with E-state index >= 15 is 0 Å². The van der Waals surface area contributed by atoms with Crippen molar-refractivity contribution in [2.45, 2.75) is 13.5 Å². The minimum absolute atomic E-state index is 0.198. The molecule has 0 unspecified atom stereocenters. The van der Waals surface area contributed by atoms with Gasteiger partial charge in [-0.25, -0.2) is 4.98 Å². The lowest BCUT2D eigenvalue weighted by molar-refractivity contribution is 0.0952. The Hall–Kier alpha value is -3.42. The largest absolute Gasteiger partial charge is 0.493 e. The molecule has 0 bridgehead atoms. The maximum absolute atomic E-state index is 12.9. The number of benzene rings is 1. The first kappa shape index (κ1) is 18.4. The molecule has 0 aliphatic carbocycles. The Kier molecular flexibility index (Phi) is 5.35. The number of hydrogen-bond donors (Lipinski definition) is 1. The van der Waals surface area contributed by atoms with E-state index in [1.165, 1.54) is 18.8 Å². The molecule has 0 spiro atoms. The summed E-state index contributed by atoms with van der Waals surface area (Å²) in [7, 11) is 3.04. The number of methoxy groups -OCH3 is 2. The van der Waals surface area contributed by atoms with Gasteiger partial charge in [0, 0.05) is 37.1 Å². The number of amides is 1. The van der Waals surface area contributed by atoms with Gasteiger partial charge in [-0.2, -0.15) is 0 Å². The highest BCUT2D eigenvalue weighted by Crippen LogP contribution is 2.30. The van der Waals surface area contributed by atoms with Crippen molar-refractivity contribution in [1.29, 1.82) is 0 Å². The van der Waals surface area contributed by atoms with Gasteiger partial charge in [0.1, 0.15) is 5.82 Å². The van der Waals surface area contributed by atoms with Gasteiger partial charge in [0.2, 0.25) is 0 Å². The van der Waals surface area contributed by atoms with Crippen molar-refractivity contribution in [2.75, 3.05) is 20.8 Å². The fourth-order valence-corrected chi connectivity index (χ4v) is 2.81. The predicted molar refractivity (Wildman–Crippen MR) is 100 cm³/mol. The third kappa shape index (κ3) is 3.74. The highest BCUT2D eigenvalue weighted by atomic mass is 16.5. The molecule has 0 radical (unpaired) electrons. The topological polar surface area (TPSA) is 95.3 Å². The first-order valence-corrected chi connectivity index (χ1v) is 8.36. The molecule has 0 aliphatic heterocycles. The Balaban J connectivity index is 1.84. The number of carbonyl (C=O) groups excluding carboxylic acids is 1. The minimum Gasteiger partial charge on any atom is -0.493 e. The van der Waals surface area contributed by atoms with Crippen LogP contribution in [0, 0.1) is 6.92 Å². The van der Waals surface area contributed by atoms with Gasteiger partial charge < -0.3 is 14.8 Å². The van der Waals surface area contributed by atoms with Crippen LogP contribution in [0.3, 0.4) is 0 Å². The molecule has 2 heterocycles. The summed E-state index contributed by atoms with van der Waals surface area (Å²) >= 11 is 0. The lowest BCUT2D eigenvalue weighted by Crippen LogP contribution is -2.32. The third-order valence-electron chi connectivity index (χ3n) is 4.21. The molecule has 2 aromatic heterocycles. The molecule has 0 saturated carbocycles. The van der Waals surface area contributed by atoms with Crippen LogP contribution in [0.2, 0.25) is 0 Å². The van der Waals surface area contributed by atoms with Crippen molar-refractivity contribution in [2.24, 2.45) is 0 Å². The minimum atomic E-state index is -0.219. The first-order valence-electron chi connectivity index (χ1n) is 8.36. The van der Waals surface area contributed by atoms with Crippen LogP contribution in [0.4, 0.5) is 0 Å². The molecule has 0 saturated heterocycles. The Bertz CT molecular complexity index is 1030. The molecular weight excluding hydrogens is 348 g/mol. The molecule has 3 rings (SSSR count). The molecule has 1 aromatic carbocycles. The van der Waals surface area contributed by atoms with Gasteiger partial charge in [-0.1, -0.05) is 0 Å². The van der Waals surface area contributed by atoms with Gasteiger partial charge in [-0.15, -0.1) is 0 Å². The van der Waals surface area contributed by atoms with Gasteiger partial charge in [-0.05, 0) is 25.1 Å². The highest BCUT2D eigenvalue weighted by Gasteiger charge is 2.13. The molecule has 3 aromatic rings. The molecule has 27 heavy (non-hydrogen) atoms. The second-order valence-corrected chi connectivity index (χ2v) is 5.83. The van der Waals surface area contributed by atoms with Gasteiger partial charge >= 0.3 is 0 Å². The quantitative estimate of drug-likeness (QED) is 0.709. The van der Waals surface area contributed by atoms with Gasteiger partial charge in [0.15, 0.2) is 11.5 Å². The van der Waals surface area contributed by atoms with E-state index in [0.29, 0.717) is 46.9 Å². The van der Waals surface area contributed by atoms with Crippen LogP contribution >= 0.6 is 0 Å². The predicted octanol–water partition coefficient (Wildman–Crippen LogP) is 1.55. The number of nitrogens with zero attached hydrogens (tertiary/aromatic N) is 3. The number of aromatic nitrogens is 3. The highest BCUT2D eigenvalue weighted by molar-refractivity contribution is 5.93. The second kappa shape index (κ2) is 7.86. The van der Waals surface area contributed by atoms with Crippen LogP contribution in [0.5, 0.6) is 11.5 Å². The van der Waals surface area contributed by atoms with E-state index in [1.54, 1.807) is 43.6 Å². The number of ether oxygens (including phenoxy) is 2. The molecule has 0 atom stereocenters. The van der Waals surface area contributed by atoms with Crippen LogP contribution in [0.25, 0.3) is 10.9 Å². The van der Waals surface area contributed by atoms with Crippen LogP contribution < -0.4 is 20.3 Å². The second-order valence-electron chi connectivity index (χ2n) is 5.83. The molecule has 1 amide bonds. The maximum Gasteiger partial charge on any atom is 0.261 e. The van der Waals surface area contributed by atoms with E-state index in [0.717, 1.165) is 0 Å². The Morgan fingerprint density at radius 1 is 1.15 bits per heavy atom. The molecule has 140 valence electrons. The first-order chi connectivity index (χ1) is 13.0. The number of aryl methyl sites for hydroxylation is 1. The maximum atomic E-state index is 12.9. The Morgan fingerprint density at radius 3 is 2.48 bits per heavy atom. The van der Waals surface area contributed by atoms with Gasteiger partial charge in [-0.3, -0.25) is 19.1 Å². The number of nitrogens with one attached hydrogen (secondary N) is 1. The lowest BCUT2D eigenvalue weighted by atomic mass is 10.2. The fraction of sp³-hybridized carbons (Fsp3) is 0.263. The zero-order valence-corrected chi connectivity index (χ0v) is 15.4. The van der Waals surface area contributed by atoms with Crippen molar-refractivity contribution >= 4 is 16.8 Å². The number of carbonyl (C=O) groups is 1. The Labute approximate surface area is 155 Å². The summed E-state index contributed by atoms with van der Waals surface area (Å²) in [5, 5.41) is 3.22. The Morgan fingerprint density at radius 2 is 1.81 bits per heavy atom. The molecule has 8 nitrogen and oxygen atoms in total. The monoisotopic (exact) mass is 368 g/mol. The lowest BCUT2D eigenvalue weighted by Gasteiger charge is -2.13. The average Bonchev–Trinajstić information content (AvgIpc) is 2.70. The molecule has 8 heteroatoms. The summed E-state index contributed by atoms with van der Waals surface area (Å²) in [6.45, 7) is 2.35. The van der Waals surface area contributed by atoms with E-state index in [2.05, 4.69) is 15.3 Å². The molecule has 0 fully saturated rings. The normalized spacial score (nSPS) is 10.6. The van der Waals surface area contributed by atoms with E-state index in [1.807, 2.05) is 0 Å². The molecule has 0 aliphatic rings. The van der Waals surface area contributed by atoms with Gasteiger partial charge in [0.05, 0.1) is 25.1 Å². The van der Waals surface area contributed by atoms with E-state index < -0.39 is 0 Å². The van der Waals surface area contributed by atoms with E-state index in [4.69, 9.17) is 9.47 Å². The van der Waals surface area contributed by atoms with Gasteiger partial charge in [0.25, 0.3) is 11.5 Å². The number of hydrogen-bond acceptors (Lipinski definition) is 6. The van der Waals surface area contributed by atoms with Crippen molar-refractivity contribution < 1.29 is 14.3 Å². The van der Waals surface area contributed by atoms with Crippen LogP contribution in [0.15, 0.2) is 41.5 Å². The SMILES string of the molecule is COc1cc2nc(C)n(CCNC(=O)c3ccncc3)c(=O)c2cc1OC. The van der Waals surface area contributed by atoms with Crippen LogP contribution in [-0.2, 0) is 6.54 Å². The van der Waals surface area contributed by atoms with Crippen molar-refractivity contribution in [3.8, 4) is 11.5 Å². The summed E-state index contributed by atoms with van der Waals surface area (Å²) in [6.07, 6.45) is 3.11. The van der Waals surface area contributed by atoms with E-state index in [-0.39, 0.29) is 11.5 Å². The zero-order valence-electron chi connectivity index (χ0n) is 15.4. The zero-order chi connectivity index (χ0) is 19.4. The fourth-order valence-electron chi connectivity index (χ4n) is 2.81. The summed E-state index contributed by atoms with van der Waals surface area (Å²) in [5.74, 6) is 1.31. The molecule has 1 N–H and O–H groups in total. The standard InChI is InChI=1S/C19H20N4O4/c1-12-22-15-11-17(27-3)16(26-2)10-14(15)19(25)23(12)9-8-21-18(24)13-4-6-20-7-5-13/h4-7,10-11H,8-9H2,1-3H3,(H,21,24). The number of fused-ring (bicyclic) bond motifs is 1. The number of rotatable bonds is 6. The smallest absolute Gasteiger partial charge is 0.261 e. The summed E-state index contributed by atoms with van der Waals surface area (Å²) in [6, 6.07) is 6.56.